The summed E-state index contributed by atoms with van der Waals surface area (Å²) in [6.07, 6.45) is 0. The van der Waals surface area contributed by atoms with Crippen LogP contribution >= 0.6 is 0 Å². The monoisotopic (exact) mass is 316 g/mol. The lowest BCUT2D eigenvalue weighted by atomic mass is 10.1. The van der Waals surface area contributed by atoms with E-state index in [1.165, 1.54) is 7.11 Å². The van der Waals surface area contributed by atoms with Gasteiger partial charge in [-0.05, 0) is 37.3 Å². The van der Waals surface area contributed by atoms with Crippen molar-refractivity contribution in [1.82, 2.24) is 0 Å². The van der Waals surface area contributed by atoms with Crippen LogP contribution in [0.25, 0.3) is 0 Å². The number of aryl methyl sites for hydroxylation is 1. The molecule has 0 heterocycles. The smallest absolute Gasteiger partial charge is 0.338 e. The maximum absolute atomic E-state index is 12.2. The van der Waals surface area contributed by atoms with Crippen molar-refractivity contribution in [2.75, 3.05) is 21.3 Å². The summed E-state index contributed by atoms with van der Waals surface area (Å²) in [6.45, 7) is 2.11. The Morgan fingerprint density at radius 1 is 0.870 bits per heavy atom. The average molecular weight is 316 g/mol. The second kappa shape index (κ2) is 7.54. The topological polar surface area (TPSA) is 54.0 Å². The van der Waals surface area contributed by atoms with Gasteiger partial charge in [0.2, 0.25) is 0 Å². The van der Waals surface area contributed by atoms with E-state index in [0.29, 0.717) is 22.8 Å². The zero-order valence-electron chi connectivity index (χ0n) is 13.7. The molecule has 0 saturated carbocycles. The maximum atomic E-state index is 12.2. The van der Waals surface area contributed by atoms with Gasteiger partial charge in [-0.2, -0.15) is 0 Å². The van der Waals surface area contributed by atoms with E-state index in [4.69, 9.17) is 18.9 Å². The van der Waals surface area contributed by atoms with Crippen LogP contribution in [0.4, 0.5) is 0 Å². The molecule has 0 amide bonds. The SMILES string of the molecule is COc1ccc(C)cc1COC(=O)c1ccc(OC)c(OC)c1. The number of carbonyl (C=O) groups is 1. The van der Waals surface area contributed by atoms with Crippen LogP contribution in [0.2, 0.25) is 0 Å². The number of ether oxygens (including phenoxy) is 4. The lowest BCUT2D eigenvalue weighted by molar-refractivity contribution is 0.0469. The zero-order chi connectivity index (χ0) is 16.8. The number of hydrogen-bond acceptors (Lipinski definition) is 5. The molecule has 0 saturated heterocycles. The van der Waals surface area contributed by atoms with E-state index < -0.39 is 5.97 Å². The van der Waals surface area contributed by atoms with E-state index in [2.05, 4.69) is 0 Å². The van der Waals surface area contributed by atoms with Gasteiger partial charge in [-0.3, -0.25) is 0 Å². The minimum atomic E-state index is -0.436. The summed E-state index contributed by atoms with van der Waals surface area (Å²) in [6, 6.07) is 10.6. The Labute approximate surface area is 135 Å². The van der Waals surface area contributed by atoms with Gasteiger partial charge in [0, 0.05) is 5.56 Å². The van der Waals surface area contributed by atoms with Gasteiger partial charge in [-0.25, -0.2) is 4.79 Å². The van der Waals surface area contributed by atoms with E-state index in [1.54, 1.807) is 32.4 Å². The van der Waals surface area contributed by atoms with Gasteiger partial charge >= 0.3 is 5.97 Å². The molecule has 0 spiro atoms. The predicted octanol–water partition coefficient (Wildman–Crippen LogP) is 3.38. The summed E-state index contributed by atoms with van der Waals surface area (Å²) in [7, 11) is 4.65. The normalized spacial score (nSPS) is 10.1. The second-order valence-electron chi connectivity index (χ2n) is 4.96. The molecule has 0 fully saturated rings. The molecule has 0 bridgehead atoms. The van der Waals surface area contributed by atoms with Gasteiger partial charge in [-0.15, -0.1) is 0 Å². The summed E-state index contributed by atoms with van der Waals surface area (Å²) in [4.78, 5) is 12.2. The molecule has 0 N–H and O–H groups in total. The molecule has 5 nitrogen and oxygen atoms in total. The van der Waals surface area contributed by atoms with E-state index >= 15 is 0 Å². The molecule has 0 aliphatic heterocycles. The molecule has 0 radical (unpaired) electrons. The average Bonchev–Trinajstić information content (AvgIpc) is 2.59. The van der Waals surface area contributed by atoms with Crippen molar-refractivity contribution in [3.63, 3.8) is 0 Å². The highest BCUT2D eigenvalue weighted by Crippen LogP contribution is 2.28. The third kappa shape index (κ3) is 3.94. The Hall–Kier alpha value is -2.69. The number of benzene rings is 2. The largest absolute Gasteiger partial charge is 0.496 e. The minimum absolute atomic E-state index is 0.137. The molecule has 5 heteroatoms. The molecular weight excluding hydrogens is 296 g/mol. The Kier molecular flexibility index (Phi) is 5.46. The lowest BCUT2D eigenvalue weighted by Crippen LogP contribution is -2.07. The summed E-state index contributed by atoms with van der Waals surface area (Å²) in [5, 5.41) is 0. The van der Waals surface area contributed by atoms with E-state index in [9.17, 15) is 4.79 Å². The Morgan fingerprint density at radius 2 is 1.52 bits per heavy atom. The number of esters is 1. The summed E-state index contributed by atoms with van der Waals surface area (Å²) in [5.41, 5.74) is 2.29. The number of rotatable bonds is 6. The van der Waals surface area contributed by atoms with Crippen molar-refractivity contribution in [2.45, 2.75) is 13.5 Å². The fourth-order valence-electron chi connectivity index (χ4n) is 2.21. The standard InChI is InChI=1S/C18H20O5/c1-12-5-7-15(20-2)14(9-12)11-23-18(19)13-6-8-16(21-3)17(10-13)22-4/h5-10H,11H2,1-4H3. The first-order valence-electron chi connectivity index (χ1n) is 7.11. The van der Waals surface area contributed by atoms with Gasteiger partial charge < -0.3 is 18.9 Å². The fraction of sp³-hybridized carbons (Fsp3) is 0.278. The lowest BCUT2D eigenvalue weighted by Gasteiger charge is -2.11. The van der Waals surface area contributed by atoms with Crippen LogP contribution in [-0.4, -0.2) is 27.3 Å². The second-order valence-corrected chi connectivity index (χ2v) is 4.96. The van der Waals surface area contributed by atoms with Crippen LogP contribution in [0.15, 0.2) is 36.4 Å². The van der Waals surface area contributed by atoms with E-state index in [-0.39, 0.29) is 6.61 Å². The molecule has 0 atom stereocenters. The Morgan fingerprint density at radius 3 is 2.17 bits per heavy atom. The van der Waals surface area contributed by atoms with Crippen LogP contribution in [0.1, 0.15) is 21.5 Å². The number of carbonyl (C=O) groups excluding carboxylic acids is 1. The zero-order valence-corrected chi connectivity index (χ0v) is 13.7. The van der Waals surface area contributed by atoms with Crippen molar-refractivity contribution in [1.29, 1.82) is 0 Å². The van der Waals surface area contributed by atoms with Gasteiger partial charge in [0.05, 0.1) is 26.9 Å². The van der Waals surface area contributed by atoms with E-state index in [0.717, 1.165) is 11.1 Å². The molecule has 2 aromatic rings. The third-order valence-corrected chi connectivity index (χ3v) is 3.41. The van der Waals surface area contributed by atoms with Crippen molar-refractivity contribution >= 4 is 5.97 Å². The molecule has 0 aliphatic carbocycles. The van der Waals surface area contributed by atoms with Crippen molar-refractivity contribution in [2.24, 2.45) is 0 Å². The maximum Gasteiger partial charge on any atom is 0.338 e. The van der Waals surface area contributed by atoms with Crippen LogP contribution < -0.4 is 14.2 Å². The summed E-state index contributed by atoms with van der Waals surface area (Å²) >= 11 is 0. The van der Waals surface area contributed by atoms with Crippen LogP contribution in [-0.2, 0) is 11.3 Å². The minimum Gasteiger partial charge on any atom is -0.496 e. The van der Waals surface area contributed by atoms with E-state index in [1.807, 2.05) is 25.1 Å². The molecule has 122 valence electrons. The van der Waals surface area contributed by atoms with Gasteiger partial charge in [0.25, 0.3) is 0 Å². The molecule has 2 rings (SSSR count). The van der Waals surface area contributed by atoms with Gasteiger partial charge in [-0.1, -0.05) is 11.6 Å². The highest BCUT2D eigenvalue weighted by molar-refractivity contribution is 5.90. The quantitative estimate of drug-likeness (QED) is 0.765. The molecule has 0 unspecified atom stereocenters. The number of methoxy groups -OCH3 is 3. The first-order chi connectivity index (χ1) is 11.1. The summed E-state index contributed by atoms with van der Waals surface area (Å²) < 4.78 is 21.0. The Balaban J connectivity index is 2.12. The highest BCUT2D eigenvalue weighted by Gasteiger charge is 2.13. The Bertz CT molecular complexity index is 694. The number of hydrogen-bond donors (Lipinski definition) is 0. The third-order valence-electron chi connectivity index (χ3n) is 3.41. The molecule has 0 aliphatic rings. The first kappa shape index (κ1) is 16.7. The van der Waals surface area contributed by atoms with Crippen LogP contribution in [0.3, 0.4) is 0 Å². The molecular formula is C18H20O5. The van der Waals surface area contributed by atoms with Crippen LogP contribution in [0.5, 0.6) is 17.2 Å². The first-order valence-corrected chi connectivity index (χ1v) is 7.11. The molecule has 2 aromatic carbocycles. The van der Waals surface area contributed by atoms with Crippen LogP contribution in [0, 0.1) is 6.92 Å². The van der Waals surface area contributed by atoms with Crippen molar-refractivity contribution in [3.8, 4) is 17.2 Å². The predicted molar refractivity (Wildman–Crippen MR) is 86.4 cm³/mol. The highest BCUT2D eigenvalue weighted by atomic mass is 16.5. The van der Waals surface area contributed by atoms with Gasteiger partial charge in [0.15, 0.2) is 11.5 Å². The van der Waals surface area contributed by atoms with Crippen molar-refractivity contribution in [3.05, 3.63) is 53.1 Å². The molecule has 0 aromatic heterocycles. The van der Waals surface area contributed by atoms with Gasteiger partial charge in [0.1, 0.15) is 12.4 Å². The summed E-state index contributed by atoms with van der Waals surface area (Å²) in [5.74, 6) is 1.30. The fourth-order valence-corrected chi connectivity index (χ4v) is 2.21. The van der Waals surface area contributed by atoms with Crippen molar-refractivity contribution < 1.29 is 23.7 Å². The molecule has 23 heavy (non-hydrogen) atoms.